The number of morpholine rings is 1. The van der Waals surface area contributed by atoms with E-state index in [-0.39, 0.29) is 0 Å². The first-order chi connectivity index (χ1) is 19.1. The third kappa shape index (κ3) is 6.36. The van der Waals surface area contributed by atoms with Crippen molar-refractivity contribution in [1.82, 2.24) is 29.8 Å². The van der Waals surface area contributed by atoms with Gasteiger partial charge in [-0.05, 0) is 33.6 Å². The van der Waals surface area contributed by atoms with E-state index in [9.17, 15) is 0 Å². The molecule has 1 aromatic carbocycles. The van der Waals surface area contributed by atoms with Crippen molar-refractivity contribution in [1.29, 1.82) is 0 Å². The summed E-state index contributed by atoms with van der Waals surface area (Å²) in [7, 11) is 3.10. The van der Waals surface area contributed by atoms with Crippen LogP contribution < -0.4 is 20.1 Å². The molecule has 39 heavy (non-hydrogen) atoms. The van der Waals surface area contributed by atoms with Gasteiger partial charge < -0.3 is 24.8 Å². The van der Waals surface area contributed by atoms with Gasteiger partial charge in [-0.25, -0.2) is 24.9 Å². The molecule has 1 aliphatic heterocycles. The van der Waals surface area contributed by atoms with Crippen LogP contribution in [0, 0.1) is 0 Å². The Hall–Kier alpha value is -3.58. The zero-order valence-corrected chi connectivity index (χ0v) is 23.7. The fourth-order valence-corrected chi connectivity index (χ4v) is 5.05. The van der Waals surface area contributed by atoms with E-state index in [0.717, 1.165) is 38.4 Å². The summed E-state index contributed by atoms with van der Waals surface area (Å²) in [6.45, 7) is 4.18. The van der Waals surface area contributed by atoms with Crippen molar-refractivity contribution >= 4 is 50.7 Å². The first-order valence-electron chi connectivity index (χ1n) is 12.1. The molecule has 1 saturated heterocycles. The van der Waals surface area contributed by atoms with Crippen molar-refractivity contribution in [2.75, 3.05) is 51.2 Å². The molecule has 2 N–H and O–H groups in total. The van der Waals surface area contributed by atoms with Gasteiger partial charge in [0.1, 0.15) is 46.6 Å². The van der Waals surface area contributed by atoms with Gasteiger partial charge in [-0.1, -0.05) is 11.6 Å². The Kier molecular flexibility index (Phi) is 8.67. The van der Waals surface area contributed by atoms with E-state index in [0.29, 0.717) is 55.4 Å². The molecular formula is C26H26BrClN8O3. The summed E-state index contributed by atoms with van der Waals surface area (Å²) >= 11 is 10.2. The maximum atomic E-state index is 6.61. The number of halogens is 2. The number of pyridine rings is 1. The van der Waals surface area contributed by atoms with Crippen molar-refractivity contribution in [3.8, 4) is 22.8 Å². The molecule has 5 rings (SSSR count). The second-order valence-corrected chi connectivity index (χ2v) is 9.72. The van der Waals surface area contributed by atoms with Crippen LogP contribution in [0.15, 0.2) is 53.8 Å². The smallest absolute Gasteiger partial charge is 0.143 e. The Morgan fingerprint density at radius 1 is 0.974 bits per heavy atom. The molecule has 4 aromatic rings. The summed E-state index contributed by atoms with van der Waals surface area (Å²) < 4.78 is 16.9. The number of hydrogen-bond donors (Lipinski definition) is 2. The van der Waals surface area contributed by atoms with E-state index in [2.05, 4.69) is 56.4 Å². The zero-order valence-electron chi connectivity index (χ0n) is 21.3. The molecule has 4 heterocycles. The SMILES string of the molecule is COc1cc(OC)c(Br)c(Nc2ncncc2-c2cc(Nc3cc(CN4CCOCC4)ccn3)ncn2)c1Cl. The highest BCUT2D eigenvalue weighted by atomic mass is 79.9. The molecule has 0 bridgehead atoms. The van der Waals surface area contributed by atoms with Crippen LogP contribution in [0.2, 0.25) is 5.02 Å². The lowest BCUT2D eigenvalue weighted by Gasteiger charge is -2.26. The lowest BCUT2D eigenvalue weighted by Crippen LogP contribution is -2.35. The van der Waals surface area contributed by atoms with Crippen molar-refractivity contribution < 1.29 is 14.2 Å². The fraction of sp³-hybridized carbons (Fsp3) is 0.269. The summed E-state index contributed by atoms with van der Waals surface area (Å²) in [6, 6.07) is 7.54. The monoisotopic (exact) mass is 612 g/mol. The maximum absolute atomic E-state index is 6.61. The third-order valence-corrected chi connectivity index (χ3v) is 7.23. The molecule has 0 amide bonds. The average Bonchev–Trinajstić information content (AvgIpc) is 2.96. The van der Waals surface area contributed by atoms with Crippen molar-refractivity contribution in [3.05, 3.63) is 64.4 Å². The van der Waals surface area contributed by atoms with E-state index in [1.165, 1.54) is 19.8 Å². The van der Waals surface area contributed by atoms with Crippen LogP contribution in [0.1, 0.15) is 5.56 Å². The van der Waals surface area contributed by atoms with E-state index in [4.69, 9.17) is 25.8 Å². The summed E-state index contributed by atoms with van der Waals surface area (Å²) in [5.41, 5.74) is 2.92. The number of hydrogen-bond acceptors (Lipinski definition) is 11. The molecule has 13 heteroatoms. The molecule has 0 spiro atoms. The summed E-state index contributed by atoms with van der Waals surface area (Å²) in [4.78, 5) is 24.3. The van der Waals surface area contributed by atoms with Gasteiger partial charge in [-0.3, -0.25) is 4.90 Å². The van der Waals surface area contributed by atoms with Crippen LogP contribution in [-0.2, 0) is 11.3 Å². The summed E-state index contributed by atoms with van der Waals surface area (Å²) in [5.74, 6) is 2.75. The molecule has 1 fully saturated rings. The van der Waals surface area contributed by atoms with E-state index in [1.807, 2.05) is 18.2 Å². The molecule has 0 aliphatic carbocycles. The lowest BCUT2D eigenvalue weighted by atomic mass is 10.2. The van der Waals surface area contributed by atoms with Crippen LogP contribution in [0.3, 0.4) is 0 Å². The van der Waals surface area contributed by atoms with Gasteiger partial charge in [-0.2, -0.15) is 0 Å². The quantitative estimate of drug-likeness (QED) is 0.263. The van der Waals surface area contributed by atoms with Crippen LogP contribution in [-0.4, -0.2) is 70.3 Å². The van der Waals surface area contributed by atoms with E-state index >= 15 is 0 Å². The predicted molar refractivity (Wildman–Crippen MR) is 152 cm³/mol. The highest BCUT2D eigenvalue weighted by Gasteiger charge is 2.19. The van der Waals surface area contributed by atoms with Crippen LogP contribution >= 0.6 is 27.5 Å². The number of methoxy groups -OCH3 is 2. The minimum Gasteiger partial charge on any atom is -0.495 e. The molecule has 0 saturated carbocycles. The van der Waals surface area contributed by atoms with E-state index in [1.54, 1.807) is 25.6 Å². The zero-order chi connectivity index (χ0) is 27.2. The second-order valence-electron chi connectivity index (χ2n) is 8.55. The highest BCUT2D eigenvalue weighted by Crippen LogP contribution is 2.45. The number of anilines is 4. The van der Waals surface area contributed by atoms with Crippen molar-refractivity contribution in [2.24, 2.45) is 0 Å². The first-order valence-corrected chi connectivity index (χ1v) is 13.2. The predicted octanol–water partition coefficient (Wildman–Crippen LogP) is 5.08. The molecule has 11 nitrogen and oxygen atoms in total. The number of benzene rings is 1. The average molecular weight is 614 g/mol. The Morgan fingerprint density at radius 2 is 1.77 bits per heavy atom. The molecule has 0 unspecified atom stereocenters. The number of nitrogens with one attached hydrogen (secondary N) is 2. The third-order valence-electron chi connectivity index (χ3n) is 6.06. The summed E-state index contributed by atoms with van der Waals surface area (Å²) in [5, 5.41) is 6.92. The van der Waals surface area contributed by atoms with Gasteiger partial charge in [0.2, 0.25) is 0 Å². The highest BCUT2D eigenvalue weighted by molar-refractivity contribution is 9.10. The summed E-state index contributed by atoms with van der Waals surface area (Å²) in [6.07, 6.45) is 6.37. The Balaban J connectivity index is 1.40. The van der Waals surface area contributed by atoms with Gasteiger partial charge in [0, 0.05) is 44.2 Å². The number of rotatable bonds is 9. The number of aromatic nitrogens is 5. The van der Waals surface area contributed by atoms with Gasteiger partial charge in [0.15, 0.2) is 0 Å². The lowest BCUT2D eigenvalue weighted by molar-refractivity contribution is 0.0342. The maximum Gasteiger partial charge on any atom is 0.143 e. The van der Waals surface area contributed by atoms with Gasteiger partial charge in [-0.15, -0.1) is 0 Å². The number of nitrogens with zero attached hydrogens (tertiary/aromatic N) is 6. The normalized spacial score (nSPS) is 13.6. The minimum absolute atomic E-state index is 0.364. The van der Waals surface area contributed by atoms with Crippen LogP contribution in [0.4, 0.5) is 23.1 Å². The van der Waals surface area contributed by atoms with Gasteiger partial charge in [0.05, 0.1) is 48.9 Å². The molecule has 1 aliphatic rings. The van der Waals surface area contributed by atoms with Gasteiger partial charge in [0.25, 0.3) is 0 Å². The minimum atomic E-state index is 0.364. The topological polar surface area (TPSA) is 119 Å². The van der Waals surface area contributed by atoms with Gasteiger partial charge >= 0.3 is 0 Å². The number of ether oxygens (including phenoxy) is 3. The van der Waals surface area contributed by atoms with Crippen LogP contribution in [0.5, 0.6) is 11.5 Å². The molecular weight excluding hydrogens is 588 g/mol. The molecule has 202 valence electrons. The Bertz CT molecular complexity index is 1430. The van der Waals surface area contributed by atoms with Crippen molar-refractivity contribution in [2.45, 2.75) is 6.54 Å². The molecule has 0 atom stereocenters. The van der Waals surface area contributed by atoms with Crippen LogP contribution in [0.25, 0.3) is 11.3 Å². The first kappa shape index (κ1) is 27.0. The van der Waals surface area contributed by atoms with E-state index < -0.39 is 0 Å². The molecule has 3 aromatic heterocycles. The van der Waals surface area contributed by atoms with Crippen molar-refractivity contribution in [3.63, 3.8) is 0 Å². The fourth-order valence-electron chi connectivity index (χ4n) is 4.09. The Morgan fingerprint density at radius 3 is 2.56 bits per heavy atom. The largest absolute Gasteiger partial charge is 0.495 e. The standard InChI is InChI=1S/C26H26BrClN8O3/c1-37-19-11-20(38-2)24(28)25(23(19)27)35-26-17(12-29-14-33-26)18-10-22(32-15-31-18)34-21-9-16(3-4-30-21)13-36-5-7-39-8-6-36/h3-4,9-12,14-15H,5-8,13H2,1-2H3,(H,29,33,35)(H,30,31,32,34). The Labute approximate surface area is 239 Å². The second kappa shape index (κ2) is 12.5. The molecule has 0 radical (unpaired) electrons.